The molecule has 3 rings (SSSR count). The van der Waals surface area contributed by atoms with E-state index in [4.69, 9.17) is 0 Å². The summed E-state index contributed by atoms with van der Waals surface area (Å²) >= 11 is 0. The maximum Gasteiger partial charge on any atom is 0.241 e. The van der Waals surface area contributed by atoms with Gasteiger partial charge in [0.15, 0.2) is 0 Å². The Morgan fingerprint density at radius 3 is 2.26 bits per heavy atom. The van der Waals surface area contributed by atoms with Crippen molar-refractivity contribution in [2.24, 2.45) is 0 Å². The Balaban J connectivity index is 1.91. The summed E-state index contributed by atoms with van der Waals surface area (Å²) in [5, 5.41) is 1.21. The highest BCUT2D eigenvalue weighted by atomic mass is 32.2. The van der Waals surface area contributed by atoms with Crippen LogP contribution in [0, 0.1) is 27.7 Å². The summed E-state index contributed by atoms with van der Waals surface area (Å²) in [5.41, 5.74) is 4.99. The summed E-state index contributed by atoms with van der Waals surface area (Å²) < 4.78 is 31.3. The molecular formula is C22H28N2O2S. The second-order valence-electron chi connectivity index (χ2n) is 7.44. The van der Waals surface area contributed by atoms with Gasteiger partial charge in [-0.15, -0.1) is 0 Å². The number of nitrogens with one attached hydrogen (secondary N) is 1. The maximum atomic E-state index is 13.1. The van der Waals surface area contributed by atoms with Crippen LogP contribution in [0.5, 0.6) is 0 Å². The molecule has 0 saturated heterocycles. The van der Waals surface area contributed by atoms with Crippen LogP contribution in [0.15, 0.2) is 47.5 Å². The number of fused-ring (bicyclic) bond motifs is 1. The minimum atomic E-state index is -3.58. The third-order valence-electron chi connectivity index (χ3n) is 5.09. The molecule has 144 valence electrons. The van der Waals surface area contributed by atoms with Gasteiger partial charge in [0.25, 0.3) is 0 Å². The standard InChI is InChI=1S/C22H28N2O2S/c1-6-19(14-24-13-18(5)20-9-7-8-10-21(20)24)23-27(25,26)22-16(3)11-15(2)12-17(22)4/h7-13,19,23H,6,14H2,1-5H3. The number of aromatic nitrogens is 1. The van der Waals surface area contributed by atoms with Crippen LogP contribution < -0.4 is 4.72 Å². The minimum Gasteiger partial charge on any atom is -0.346 e. The molecule has 3 aromatic rings. The normalized spacial score (nSPS) is 13.2. The second kappa shape index (κ2) is 7.49. The molecule has 5 heteroatoms. The first-order valence-corrected chi connectivity index (χ1v) is 10.9. The third-order valence-corrected chi connectivity index (χ3v) is 6.92. The molecule has 1 atom stereocenters. The number of benzene rings is 2. The first-order valence-electron chi connectivity index (χ1n) is 9.37. The SMILES string of the molecule is CCC(Cn1cc(C)c2ccccc21)NS(=O)(=O)c1c(C)cc(C)cc1C. The van der Waals surface area contributed by atoms with Gasteiger partial charge >= 0.3 is 0 Å². The van der Waals surface area contributed by atoms with Gasteiger partial charge in [0.05, 0.1) is 4.90 Å². The van der Waals surface area contributed by atoms with Crippen molar-refractivity contribution < 1.29 is 8.42 Å². The quantitative estimate of drug-likeness (QED) is 0.673. The van der Waals surface area contributed by atoms with E-state index in [2.05, 4.69) is 34.5 Å². The fraction of sp³-hybridized carbons (Fsp3) is 0.364. The first-order chi connectivity index (χ1) is 12.7. The molecule has 0 aliphatic carbocycles. The van der Waals surface area contributed by atoms with Gasteiger partial charge < -0.3 is 4.57 Å². The minimum absolute atomic E-state index is 0.176. The Bertz CT molecular complexity index is 1060. The average molecular weight is 385 g/mol. The molecule has 0 saturated carbocycles. The lowest BCUT2D eigenvalue weighted by Crippen LogP contribution is -2.38. The highest BCUT2D eigenvalue weighted by Crippen LogP contribution is 2.24. The van der Waals surface area contributed by atoms with Gasteiger partial charge in [-0.05, 0) is 56.9 Å². The molecule has 1 N–H and O–H groups in total. The lowest BCUT2D eigenvalue weighted by Gasteiger charge is -2.20. The van der Waals surface area contributed by atoms with Crippen LogP contribution in [0.4, 0.5) is 0 Å². The van der Waals surface area contributed by atoms with Crippen molar-refractivity contribution in [2.45, 2.75) is 58.5 Å². The van der Waals surface area contributed by atoms with Gasteiger partial charge in [-0.25, -0.2) is 13.1 Å². The van der Waals surface area contributed by atoms with E-state index in [0.29, 0.717) is 11.4 Å². The van der Waals surface area contributed by atoms with E-state index in [1.807, 2.05) is 52.0 Å². The summed E-state index contributed by atoms with van der Waals surface area (Å²) in [6.07, 6.45) is 2.82. The predicted molar refractivity (Wildman–Crippen MR) is 112 cm³/mol. The number of aryl methyl sites for hydroxylation is 4. The molecule has 1 unspecified atom stereocenters. The summed E-state index contributed by atoms with van der Waals surface area (Å²) in [7, 11) is -3.58. The van der Waals surface area contributed by atoms with Crippen LogP contribution in [0.3, 0.4) is 0 Å². The topological polar surface area (TPSA) is 51.1 Å². The van der Waals surface area contributed by atoms with E-state index in [1.165, 1.54) is 10.9 Å². The molecule has 0 fully saturated rings. The zero-order valence-electron chi connectivity index (χ0n) is 16.7. The summed E-state index contributed by atoms with van der Waals surface area (Å²) in [6, 6.07) is 11.9. The molecule has 4 nitrogen and oxygen atoms in total. The van der Waals surface area contributed by atoms with Crippen LogP contribution >= 0.6 is 0 Å². The Kier molecular flexibility index (Phi) is 5.45. The van der Waals surface area contributed by atoms with Gasteiger partial charge in [0.1, 0.15) is 0 Å². The monoisotopic (exact) mass is 384 g/mol. The van der Waals surface area contributed by atoms with Gasteiger partial charge in [-0.1, -0.05) is 42.8 Å². The average Bonchev–Trinajstić information content (AvgIpc) is 2.89. The van der Waals surface area contributed by atoms with Gasteiger partial charge in [0, 0.05) is 29.7 Å². The number of sulfonamides is 1. The smallest absolute Gasteiger partial charge is 0.241 e. The van der Waals surface area contributed by atoms with Gasteiger partial charge in [0.2, 0.25) is 10.0 Å². The Hall–Kier alpha value is -2.11. The molecule has 0 bridgehead atoms. The van der Waals surface area contributed by atoms with Crippen LogP contribution in [0.25, 0.3) is 10.9 Å². The van der Waals surface area contributed by atoms with Crippen molar-refractivity contribution in [1.29, 1.82) is 0 Å². The predicted octanol–water partition coefficient (Wildman–Crippen LogP) is 4.63. The Morgan fingerprint density at radius 1 is 1.00 bits per heavy atom. The first kappa shape index (κ1) is 19.6. The maximum absolute atomic E-state index is 13.1. The van der Waals surface area contributed by atoms with E-state index in [-0.39, 0.29) is 6.04 Å². The van der Waals surface area contributed by atoms with Gasteiger partial charge in [-0.2, -0.15) is 0 Å². The summed E-state index contributed by atoms with van der Waals surface area (Å²) in [4.78, 5) is 0.403. The fourth-order valence-corrected chi connectivity index (χ4v) is 5.70. The molecule has 0 amide bonds. The van der Waals surface area contributed by atoms with Crippen LogP contribution in [0.2, 0.25) is 0 Å². The molecule has 0 radical (unpaired) electrons. The molecule has 0 aliphatic heterocycles. The van der Waals surface area contributed by atoms with E-state index in [1.54, 1.807) is 0 Å². The van der Waals surface area contributed by atoms with Crippen molar-refractivity contribution >= 4 is 20.9 Å². The Morgan fingerprint density at radius 2 is 1.63 bits per heavy atom. The number of hydrogen-bond acceptors (Lipinski definition) is 2. The highest BCUT2D eigenvalue weighted by Gasteiger charge is 2.23. The van der Waals surface area contributed by atoms with Crippen molar-refractivity contribution in [3.05, 3.63) is 64.8 Å². The molecule has 0 aliphatic rings. The summed E-state index contributed by atoms with van der Waals surface area (Å²) in [6.45, 7) is 10.4. The van der Waals surface area contributed by atoms with Crippen molar-refractivity contribution in [3.63, 3.8) is 0 Å². The molecule has 27 heavy (non-hydrogen) atoms. The molecule has 2 aromatic carbocycles. The number of nitrogens with zero attached hydrogens (tertiary/aromatic N) is 1. The molecule has 1 aromatic heterocycles. The van der Waals surface area contributed by atoms with Crippen molar-refractivity contribution in [2.75, 3.05) is 0 Å². The van der Waals surface area contributed by atoms with E-state index in [9.17, 15) is 8.42 Å². The van der Waals surface area contributed by atoms with E-state index in [0.717, 1.165) is 28.6 Å². The number of rotatable bonds is 6. The van der Waals surface area contributed by atoms with Crippen LogP contribution in [-0.4, -0.2) is 19.0 Å². The van der Waals surface area contributed by atoms with Crippen LogP contribution in [0.1, 0.15) is 35.6 Å². The van der Waals surface area contributed by atoms with Gasteiger partial charge in [-0.3, -0.25) is 0 Å². The van der Waals surface area contributed by atoms with Crippen molar-refractivity contribution in [1.82, 2.24) is 9.29 Å². The van der Waals surface area contributed by atoms with Crippen LogP contribution in [-0.2, 0) is 16.6 Å². The fourth-order valence-electron chi connectivity index (χ4n) is 3.94. The molecule has 0 spiro atoms. The second-order valence-corrected chi connectivity index (χ2v) is 9.09. The Labute approximate surface area is 162 Å². The molecular weight excluding hydrogens is 356 g/mol. The van der Waals surface area contributed by atoms with E-state index >= 15 is 0 Å². The molecule has 1 heterocycles. The zero-order valence-corrected chi connectivity index (χ0v) is 17.5. The lowest BCUT2D eigenvalue weighted by atomic mass is 10.1. The number of hydrogen-bond donors (Lipinski definition) is 1. The number of para-hydroxylation sites is 1. The van der Waals surface area contributed by atoms with E-state index < -0.39 is 10.0 Å². The lowest BCUT2D eigenvalue weighted by molar-refractivity contribution is 0.491. The highest BCUT2D eigenvalue weighted by molar-refractivity contribution is 7.89. The zero-order chi connectivity index (χ0) is 19.8. The largest absolute Gasteiger partial charge is 0.346 e. The third kappa shape index (κ3) is 3.94. The summed E-state index contributed by atoms with van der Waals surface area (Å²) in [5.74, 6) is 0. The van der Waals surface area contributed by atoms with Crippen molar-refractivity contribution in [3.8, 4) is 0 Å².